The molecule has 1 fully saturated rings. The molecule has 1 aliphatic rings. The molecule has 1 atom stereocenters. The quantitative estimate of drug-likeness (QED) is 0.861. The lowest BCUT2D eigenvalue weighted by atomic mass is 9.93. The van der Waals surface area contributed by atoms with Gasteiger partial charge in [-0.25, -0.2) is 0 Å². The topological polar surface area (TPSA) is 15.3 Å². The van der Waals surface area contributed by atoms with Gasteiger partial charge in [-0.3, -0.25) is 0 Å². The summed E-state index contributed by atoms with van der Waals surface area (Å²) in [7, 11) is 0. The molecule has 0 amide bonds. The van der Waals surface area contributed by atoms with E-state index in [9.17, 15) is 0 Å². The third-order valence-electron chi connectivity index (χ3n) is 4.20. The molecule has 1 aromatic carbocycles. The van der Waals surface area contributed by atoms with Crippen LogP contribution in [-0.4, -0.2) is 19.6 Å². The van der Waals surface area contributed by atoms with E-state index in [4.69, 9.17) is 0 Å². The summed E-state index contributed by atoms with van der Waals surface area (Å²) in [5.74, 6) is 0. The molecule has 0 aliphatic carbocycles. The Kier molecular flexibility index (Phi) is 4.51. The first-order chi connectivity index (χ1) is 9.05. The summed E-state index contributed by atoms with van der Waals surface area (Å²) in [4.78, 5) is 2.51. The van der Waals surface area contributed by atoms with Crippen LogP contribution in [0.4, 0.5) is 5.69 Å². The summed E-state index contributed by atoms with van der Waals surface area (Å²) in [5.41, 5.74) is 3.25. The number of nitrogens with zero attached hydrogens (tertiary/aromatic N) is 1. The highest BCUT2D eigenvalue weighted by atomic mass is 15.2. The van der Waals surface area contributed by atoms with Crippen molar-refractivity contribution in [2.24, 2.45) is 5.41 Å². The van der Waals surface area contributed by atoms with Crippen molar-refractivity contribution in [2.45, 2.75) is 46.6 Å². The number of anilines is 1. The second-order valence-electron chi connectivity index (χ2n) is 6.45. The molecule has 0 bridgehead atoms. The van der Waals surface area contributed by atoms with E-state index < -0.39 is 0 Å². The standard InChI is InChI=1S/C17H28N2/c1-5-16(18-6-2)14-7-9-15(10-8-14)19-12-11-17(3,4)13-19/h7-10,16,18H,5-6,11-13H2,1-4H3. The highest BCUT2D eigenvalue weighted by molar-refractivity contribution is 5.49. The van der Waals surface area contributed by atoms with Gasteiger partial charge in [0.2, 0.25) is 0 Å². The molecule has 1 unspecified atom stereocenters. The van der Waals surface area contributed by atoms with Crippen LogP contribution < -0.4 is 10.2 Å². The highest BCUT2D eigenvalue weighted by Gasteiger charge is 2.29. The van der Waals surface area contributed by atoms with Gasteiger partial charge in [0.15, 0.2) is 0 Å². The first kappa shape index (κ1) is 14.4. The maximum Gasteiger partial charge on any atom is 0.0366 e. The zero-order valence-electron chi connectivity index (χ0n) is 12.9. The average molecular weight is 260 g/mol. The maximum atomic E-state index is 3.54. The molecular formula is C17H28N2. The summed E-state index contributed by atoms with van der Waals surface area (Å²) in [6.45, 7) is 12.5. The number of hydrogen-bond donors (Lipinski definition) is 1. The Bertz CT molecular complexity index is 394. The van der Waals surface area contributed by atoms with Gasteiger partial charge in [-0.15, -0.1) is 0 Å². The van der Waals surface area contributed by atoms with Crippen molar-refractivity contribution in [3.63, 3.8) is 0 Å². The molecule has 2 rings (SSSR count). The number of rotatable bonds is 5. The van der Waals surface area contributed by atoms with Crippen molar-refractivity contribution >= 4 is 5.69 Å². The van der Waals surface area contributed by atoms with Crippen molar-refractivity contribution in [3.8, 4) is 0 Å². The zero-order valence-corrected chi connectivity index (χ0v) is 12.9. The van der Waals surface area contributed by atoms with Crippen LogP contribution >= 0.6 is 0 Å². The lowest BCUT2D eigenvalue weighted by molar-refractivity contribution is 0.418. The lowest BCUT2D eigenvalue weighted by Gasteiger charge is -2.23. The Labute approximate surface area is 118 Å². The van der Waals surface area contributed by atoms with Crippen LogP contribution in [0.2, 0.25) is 0 Å². The first-order valence-corrected chi connectivity index (χ1v) is 7.64. The minimum Gasteiger partial charge on any atom is -0.371 e. The lowest BCUT2D eigenvalue weighted by Crippen LogP contribution is -2.23. The molecule has 0 spiro atoms. The van der Waals surface area contributed by atoms with Gasteiger partial charge in [0.1, 0.15) is 0 Å². The van der Waals surface area contributed by atoms with Crippen LogP contribution in [0, 0.1) is 5.41 Å². The number of nitrogens with one attached hydrogen (secondary N) is 1. The fourth-order valence-electron chi connectivity index (χ4n) is 2.99. The van der Waals surface area contributed by atoms with Gasteiger partial charge in [-0.2, -0.15) is 0 Å². The fourth-order valence-corrected chi connectivity index (χ4v) is 2.99. The van der Waals surface area contributed by atoms with Gasteiger partial charge in [-0.1, -0.05) is 39.8 Å². The van der Waals surface area contributed by atoms with E-state index in [1.54, 1.807) is 0 Å². The molecular weight excluding hydrogens is 232 g/mol. The average Bonchev–Trinajstić information content (AvgIpc) is 2.77. The van der Waals surface area contributed by atoms with Gasteiger partial charge >= 0.3 is 0 Å². The van der Waals surface area contributed by atoms with E-state index >= 15 is 0 Å². The SMILES string of the molecule is CCNC(CC)c1ccc(N2CCC(C)(C)C2)cc1. The molecule has 1 N–H and O–H groups in total. The Morgan fingerprint density at radius 3 is 2.37 bits per heavy atom. The predicted octanol–water partition coefficient (Wildman–Crippen LogP) is 3.98. The van der Waals surface area contributed by atoms with E-state index in [0.717, 1.165) is 13.0 Å². The van der Waals surface area contributed by atoms with Crippen molar-refractivity contribution in [1.29, 1.82) is 0 Å². The van der Waals surface area contributed by atoms with Crippen LogP contribution in [0.15, 0.2) is 24.3 Å². The van der Waals surface area contributed by atoms with Crippen molar-refractivity contribution in [1.82, 2.24) is 5.32 Å². The second-order valence-corrected chi connectivity index (χ2v) is 6.45. The molecule has 1 saturated heterocycles. The van der Waals surface area contributed by atoms with E-state index in [-0.39, 0.29) is 0 Å². The molecule has 0 aromatic heterocycles. The summed E-state index contributed by atoms with van der Waals surface area (Å²) in [6.07, 6.45) is 2.44. The molecule has 1 aromatic rings. The van der Waals surface area contributed by atoms with Gasteiger partial charge in [0.25, 0.3) is 0 Å². The Morgan fingerprint density at radius 1 is 1.21 bits per heavy atom. The highest BCUT2D eigenvalue weighted by Crippen LogP contribution is 2.32. The molecule has 2 nitrogen and oxygen atoms in total. The van der Waals surface area contributed by atoms with Crippen molar-refractivity contribution in [3.05, 3.63) is 29.8 Å². The molecule has 2 heteroatoms. The third-order valence-corrected chi connectivity index (χ3v) is 4.20. The number of benzene rings is 1. The van der Waals surface area contributed by atoms with Crippen molar-refractivity contribution in [2.75, 3.05) is 24.5 Å². The van der Waals surface area contributed by atoms with Crippen LogP contribution in [0.1, 0.15) is 52.1 Å². The largest absolute Gasteiger partial charge is 0.371 e. The van der Waals surface area contributed by atoms with Crippen molar-refractivity contribution < 1.29 is 0 Å². The van der Waals surface area contributed by atoms with Crippen LogP contribution in [0.3, 0.4) is 0 Å². The Balaban J connectivity index is 2.06. The van der Waals surface area contributed by atoms with Crippen LogP contribution in [0.5, 0.6) is 0 Å². The first-order valence-electron chi connectivity index (χ1n) is 7.64. The summed E-state index contributed by atoms with van der Waals surface area (Å²) in [6, 6.07) is 9.65. The van der Waals surface area contributed by atoms with Gasteiger partial charge in [0.05, 0.1) is 0 Å². The fraction of sp³-hybridized carbons (Fsp3) is 0.647. The monoisotopic (exact) mass is 260 g/mol. The minimum atomic E-state index is 0.467. The smallest absolute Gasteiger partial charge is 0.0366 e. The van der Waals surface area contributed by atoms with Gasteiger partial charge in [0, 0.05) is 24.8 Å². The molecule has 0 radical (unpaired) electrons. The Morgan fingerprint density at radius 2 is 1.89 bits per heavy atom. The molecule has 0 saturated carbocycles. The van der Waals surface area contributed by atoms with E-state index in [0.29, 0.717) is 11.5 Å². The molecule has 1 aliphatic heterocycles. The predicted molar refractivity (Wildman–Crippen MR) is 83.8 cm³/mol. The minimum absolute atomic E-state index is 0.467. The normalized spacial score (nSPS) is 19.7. The van der Waals surface area contributed by atoms with E-state index in [1.807, 2.05) is 0 Å². The summed E-state index contributed by atoms with van der Waals surface area (Å²) in [5, 5.41) is 3.54. The maximum absolute atomic E-state index is 3.54. The van der Waals surface area contributed by atoms with E-state index in [1.165, 1.54) is 30.8 Å². The van der Waals surface area contributed by atoms with Gasteiger partial charge in [-0.05, 0) is 42.5 Å². The third kappa shape index (κ3) is 3.50. The summed E-state index contributed by atoms with van der Waals surface area (Å²) < 4.78 is 0. The second kappa shape index (κ2) is 5.96. The van der Waals surface area contributed by atoms with Crippen LogP contribution in [0.25, 0.3) is 0 Å². The van der Waals surface area contributed by atoms with Crippen LogP contribution in [-0.2, 0) is 0 Å². The van der Waals surface area contributed by atoms with E-state index in [2.05, 4.69) is 62.2 Å². The molecule has 19 heavy (non-hydrogen) atoms. The number of hydrogen-bond acceptors (Lipinski definition) is 2. The molecule has 1 heterocycles. The van der Waals surface area contributed by atoms with Gasteiger partial charge < -0.3 is 10.2 Å². The Hall–Kier alpha value is -1.02. The zero-order chi connectivity index (χ0) is 13.9. The summed E-state index contributed by atoms with van der Waals surface area (Å²) >= 11 is 0. The molecule has 106 valence electrons.